The second kappa shape index (κ2) is 4.62. The highest BCUT2D eigenvalue weighted by Gasteiger charge is 2.15. The van der Waals surface area contributed by atoms with E-state index in [9.17, 15) is 4.79 Å². The Kier molecular flexibility index (Phi) is 3.69. The second-order valence-electron chi connectivity index (χ2n) is 4.60. The zero-order valence-corrected chi connectivity index (χ0v) is 10.8. The molecule has 0 bridgehead atoms. The van der Waals surface area contributed by atoms with Crippen molar-refractivity contribution >= 4 is 19.2 Å². The SMILES string of the molecule is CCC(=O)Oc1ccc([Si](C)(C)C)cc1. The fourth-order valence-corrected chi connectivity index (χ4v) is 2.39. The highest BCUT2D eigenvalue weighted by molar-refractivity contribution is 6.88. The van der Waals surface area contributed by atoms with Gasteiger partial charge in [-0.15, -0.1) is 0 Å². The highest BCUT2D eigenvalue weighted by Crippen LogP contribution is 2.11. The van der Waals surface area contributed by atoms with Gasteiger partial charge in [-0.25, -0.2) is 0 Å². The summed E-state index contributed by atoms with van der Waals surface area (Å²) in [6.45, 7) is 8.67. The molecule has 82 valence electrons. The van der Waals surface area contributed by atoms with Gasteiger partial charge in [0.15, 0.2) is 0 Å². The molecule has 0 aliphatic rings. The van der Waals surface area contributed by atoms with E-state index in [2.05, 4.69) is 31.8 Å². The van der Waals surface area contributed by atoms with Crippen molar-refractivity contribution in [1.29, 1.82) is 0 Å². The first-order valence-electron chi connectivity index (χ1n) is 5.24. The van der Waals surface area contributed by atoms with Crippen molar-refractivity contribution in [2.75, 3.05) is 0 Å². The van der Waals surface area contributed by atoms with Gasteiger partial charge in [0.2, 0.25) is 0 Å². The van der Waals surface area contributed by atoms with E-state index >= 15 is 0 Å². The van der Waals surface area contributed by atoms with Gasteiger partial charge >= 0.3 is 5.97 Å². The summed E-state index contributed by atoms with van der Waals surface area (Å²) in [7, 11) is -1.24. The minimum Gasteiger partial charge on any atom is -0.427 e. The molecule has 1 aromatic carbocycles. The lowest BCUT2D eigenvalue weighted by molar-refractivity contribution is -0.134. The van der Waals surface area contributed by atoms with Crippen LogP contribution >= 0.6 is 0 Å². The Bertz CT molecular complexity index is 336. The molecule has 0 unspecified atom stereocenters. The van der Waals surface area contributed by atoms with Crippen LogP contribution in [0, 0.1) is 0 Å². The lowest BCUT2D eigenvalue weighted by Gasteiger charge is -2.16. The van der Waals surface area contributed by atoms with Crippen molar-refractivity contribution in [2.24, 2.45) is 0 Å². The Labute approximate surface area is 92.3 Å². The molecule has 1 rings (SSSR count). The van der Waals surface area contributed by atoms with Crippen LogP contribution in [0.3, 0.4) is 0 Å². The number of rotatable bonds is 3. The van der Waals surface area contributed by atoms with E-state index in [1.807, 2.05) is 12.1 Å². The van der Waals surface area contributed by atoms with E-state index in [1.54, 1.807) is 6.92 Å². The van der Waals surface area contributed by atoms with E-state index < -0.39 is 8.07 Å². The Hall–Kier alpha value is -1.09. The monoisotopic (exact) mass is 222 g/mol. The smallest absolute Gasteiger partial charge is 0.310 e. The van der Waals surface area contributed by atoms with Crippen LogP contribution in [-0.4, -0.2) is 14.0 Å². The molecule has 0 atom stereocenters. The average molecular weight is 222 g/mol. The lowest BCUT2D eigenvalue weighted by Crippen LogP contribution is -2.37. The van der Waals surface area contributed by atoms with Gasteiger partial charge in [0.05, 0.1) is 8.07 Å². The molecule has 1 aromatic rings. The molecule has 0 aliphatic heterocycles. The first-order valence-corrected chi connectivity index (χ1v) is 8.74. The molecule has 0 N–H and O–H groups in total. The summed E-state index contributed by atoms with van der Waals surface area (Å²) in [5.41, 5.74) is 0. The fourth-order valence-electron chi connectivity index (χ4n) is 1.23. The molecule has 2 nitrogen and oxygen atoms in total. The molecule has 0 radical (unpaired) electrons. The van der Waals surface area contributed by atoms with E-state index in [0.717, 1.165) is 0 Å². The molecular formula is C12H18O2Si. The number of hydrogen-bond acceptors (Lipinski definition) is 2. The second-order valence-corrected chi connectivity index (χ2v) is 9.68. The molecular weight excluding hydrogens is 204 g/mol. The first kappa shape index (κ1) is 12.0. The van der Waals surface area contributed by atoms with Crippen LogP contribution in [0.5, 0.6) is 5.75 Å². The van der Waals surface area contributed by atoms with Crippen molar-refractivity contribution in [1.82, 2.24) is 0 Å². The van der Waals surface area contributed by atoms with Gasteiger partial charge < -0.3 is 4.74 Å². The average Bonchev–Trinajstić information content (AvgIpc) is 2.17. The van der Waals surface area contributed by atoms with Gasteiger partial charge in [-0.05, 0) is 12.1 Å². The normalized spacial score (nSPS) is 11.2. The van der Waals surface area contributed by atoms with E-state index in [-0.39, 0.29) is 5.97 Å². The standard InChI is InChI=1S/C12H18O2Si/c1-5-12(13)14-10-6-8-11(9-7-10)15(2,3)4/h6-9H,5H2,1-4H3. The van der Waals surface area contributed by atoms with Gasteiger partial charge in [-0.2, -0.15) is 0 Å². The number of carbonyl (C=O) groups excluding carboxylic acids is 1. The van der Waals surface area contributed by atoms with Gasteiger partial charge in [0.25, 0.3) is 0 Å². The number of esters is 1. The molecule has 0 saturated carbocycles. The Morgan fingerprint density at radius 2 is 1.73 bits per heavy atom. The molecule has 0 saturated heterocycles. The summed E-state index contributed by atoms with van der Waals surface area (Å²) in [4.78, 5) is 11.0. The Balaban J connectivity index is 2.77. The summed E-state index contributed by atoms with van der Waals surface area (Å²) in [6.07, 6.45) is 0.412. The van der Waals surface area contributed by atoms with Gasteiger partial charge in [-0.3, -0.25) is 4.79 Å². The van der Waals surface area contributed by atoms with Crippen molar-refractivity contribution in [2.45, 2.75) is 33.0 Å². The molecule has 0 amide bonds. The fraction of sp³-hybridized carbons (Fsp3) is 0.417. The van der Waals surface area contributed by atoms with Crippen LogP contribution in [0.25, 0.3) is 0 Å². The lowest BCUT2D eigenvalue weighted by atomic mass is 10.3. The summed E-state index contributed by atoms with van der Waals surface area (Å²) in [5, 5.41) is 1.37. The third-order valence-corrected chi connectivity index (χ3v) is 4.31. The third-order valence-electron chi connectivity index (χ3n) is 2.24. The largest absolute Gasteiger partial charge is 0.427 e. The minimum atomic E-state index is -1.24. The van der Waals surface area contributed by atoms with Gasteiger partial charge in [0.1, 0.15) is 5.75 Å². The van der Waals surface area contributed by atoms with Crippen LogP contribution in [0.4, 0.5) is 0 Å². The molecule has 0 fully saturated rings. The first-order chi connectivity index (χ1) is 6.93. The molecule has 0 aromatic heterocycles. The number of carbonyl (C=O) groups is 1. The molecule has 0 heterocycles. The van der Waals surface area contributed by atoms with E-state index in [0.29, 0.717) is 12.2 Å². The number of hydrogen-bond donors (Lipinski definition) is 0. The van der Waals surface area contributed by atoms with Crippen LogP contribution in [-0.2, 0) is 4.79 Å². The maximum Gasteiger partial charge on any atom is 0.310 e. The summed E-state index contributed by atoms with van der Waals surface area (Å²) >= 11 is 0. The van der Waals surface area contributed by atoms with Crippen molar-refractivity contribution in [3.05, 3.63) is 24.3 Å². The van der Waals surface area contributed by atoms with Gasteiger partial charge in [0, 0.05) is 6.42 Å². The van der Waals surface area contributed by atoms with Gasteiger partial charge in [-0.1, -0.05) is 43.9 Å². The van der Waals surface area contributed by atoms with E-state index in [4.69, 9.17) is 4.74 Å². The zero-order chi connectivity index (χ0) is 11.5. The third kappa shape index (κ3) is 3.51. The summed E-state index contributed by atoms with van der Waals surface area (Å²) in [6, 6.07) is 7.87. The van der Waals surface area contributed by atoms with Crippen LogP contribution in [0.2, 0.25) is 19.6 Å². The molecule has 15 heavy (non-hydrogen) atoms. The highest BCUT2D eigenvalue weighted by atomic mass is 28.3. The molecule has 0 aliphatic carbocycles. The van der Waals surface area contributed by atoms with E-state index in [1.165, 1.54) is 5.19 Å². The van der Waals surface area contributed by atoms with Crippen molar-refractivity contribution in [3.63, 3.8) is 0 Å². The maximum absolute atomic E-state index is 11.0. The van der Waals surface area contributed by atoms with Crippen molar-refractivity contribution in [3.8, 4) is 5.75 Å². The van der Waals surface area contributed by atoms with Crippen molar-refractivity contribution < 1.29 is 9.53 Å². The summed E-state index contributed by atoms with van der Waals surface area (Å²) in [5.74, 6) is 0.458. The number of ether oxygens (including phenoxy) is 1. The molecule has 0 spiro atoms. The van der Waals surface area contributed by atoms with Crippen LogP contribution in [0.1, 0.15) is 13.3 Å². The van der Waals surface area contributed by atoms with Crippen LogP contribution < -0.4 is 9.92 Å². The zero-order valence-electron chi connectivity index (χ0n) is 9.83. The van der Waals surface area contributed by atoms with Crippen LogP contribution in [0.15, 0.2) is 24.3 Å². The topological polar surface area (TPSA) is 26.3 Å². The summed E-state index contributed by atoms with van der Waals surface area (Å²) < 4.78 is 5.11. The quantitative estimate of drug-likeness (QED) is 0.446. The Morgan fingerprint density at radius 3 is 2.13 bits per heavy atom. The maximum atomic E-state index is 11.0. The minimum absolute atomic E-state index is 0.184. The predicted molar refractivity (Wildman–Crippen MR) is 65.3 cm³/mol. The number of benzene rings is 1. The molecule has 3 heteroatoms. The Morgan fingerprint density at radius 1 is 1.20 bits per heavy atom. The predicted octanol–water partition coefficient (Wildman–Crippen LogP) is 2.55.